The molecular weight excluding hydrogens is 277 g/mol. The van der Waals surface area contributed by atoms with Gasteiger partial charge in [-0.15, -0.1) is 0 Å². The molecule has 0 atom stereocenters. The minimum Gasteiger partial charge on any atom is -0.444 e. The number of rotatable bonds is 3. The van der Waals surface area contributed by atoms with Crippen LogP contribution in [-0.2, 0) is 6.54 Å². The van der Waals surface area contributed by atoms with Gasteiger partial charge in [0.05, 0.1) is 0 Å². The monoisotopic (exact) mass is 289 g/mol. The molecular formula is C16H13ClFNO. The van der Waals surface area contributed by atoms with E-state index in [-0.39, 0.29) is 5.82 Å². The van der Waals surface area contributed by atoms with Gasteiger partial charge in [-0.2, -0.15) is 0 Å². The van der Waals surface area contributed by atoms with Crippen LogP contribution < -0.4 is 5.32 Å². The molecule has 0 unspecified atom stereocenters. The normalized spacial score (nSPS) is 10.9. The van der Waals surface area contributed by atoms with Gasteiger partial charge in [-0.3, -0.25) is 0 Å². The summed E-state index contributed by atoms with van der Waals surface area (Å²) in [7, 11) is 0. The third kappa shape index (κ3) is 2.49. The van der Waals surface area contributed by atoms with Gasteiger partial charge in [0.2, 0.25) is 0 Å². The lowest BCUT2D eigenvalue weighted by Gasteiger charge is -2.07. The number of aryl methyl sites for hydroxylation is 1. The Kier molecular flexibility index (Phi) is 3.36. The van der Waals surface area contributed by atoms with E-state index in [1.807, 2.05) is 37.3 Å². The number of nitrogens with one attached hydrogen (secondary N) is 1. The Hall–Kier alpha value is -2.00. The molecule has 0 amide bonds. The van der Waals surface area contributed by atoms with Crippen LogP contribution in [0.3, 0.4) is 0 Å². The maximum Gasteiger partial charge on any atom is 0.199 e. The van der Waals surface area contributed by atoms with Crippen LogP contribution in [-0.4, -0.2) is 0 Å². The van der Waals surface area contributed by atoms with E-state index in [0.29, 0.717) is 11.8 Å². The summed E-state index contributed by atoms with van der Waals surface area (Å²) in [5, 5.41) is 4.52. The van der Waals surface area contributed by atoms with Gasteiger partial charge in [-0.05, 0) is 48.4 Å². The zero-order valence-electron chi connectivity index (χ0n) is 10.9. The first-order valence-electron chi connectivity index (χ1n) is 6.30. The van der Waals surface area contributed by atoms with Crippen molar-refractivity contribution in [2.45, 2.75) is 13.5 Å². The first kappa shape index (κ1) is 13.0. The smallest absolute Gasteiger partial charge is 0.199 e. The van der Waals surface area contributed by atoms with Crippen LogP contribution in [0.15, 0.2) is 46.9 Å². The summed E-state index contributed by atoms with van der Waals surface area (Å²) in [6, 6.07) is 12.5. The van der Waals surface area contributed by atoms with Gasteiger partial charge < -0.3 is 9.73 Å². The van der Waals surface area contributed by atoms with Gasteiger partial charge in [0.1, 0.15) is 11.4 Å². The van der Waals surface area contributed by atoms with Crippen molar-refractivity contribution in [2.75, 3.05) is 5.32 Å². The van der Waals surface area contributed by atoms with Gasteiger partial charge in [0, 0.05) is 23.2 Å². The van der Waals surface area contributed by atoms with E-state index >= 15 is 0 Å². The summed E-state index contributed by atoms with van der Waals surface area (Å²) in [4.78, 5) is 0. The van der Waals surface area contributed by atoms with Crippen LogP contribution in [0.2, 0.25) is 5.22 Å². The van der Waals surface area contributed by atoms with E-state index in [1.165, 1.54) is 12.1 Å². The average Bonchev–Trinajstić information content (AvgIpc) is 2.71. The maximum absolute atomic E-state index is 13.3. The van der Waals surface area contributed by atoms with E-state index in [4.69, 9.17) is 16.0 Å². The second-order valence-corrected chi connectivity index (χ2v) is 5.06. The number of benzene rings is 2. The number of para-hydroxylation sites is 1. The Bertz CT molecular complexity index is 746. The van der Waals surface area contributed by atoms with E-state index in [9.17, 15) is 4.39 Å². The van der Waals surface area contributed by atoms with Crippen LogP contribution >= 0.6 is 11.6 Å². The van der Waals surface area contributed by atoms with Crippen molar-refractivity contribution in [3.63, 3.8) is 0 Å². The minimum absolute atomic E-state index is 0.254. The van der Waals surface area contributed by atoms with E-state index in [1.54, 1.807) is 0 Å². The lowest BCUT2D eigenvalue weighted by molar-refractivity contribution is 0.613. The second kappa shape index (κ2) is 5.17. The molecule has 2 aromatic carbocycles. The van der Waals surface area contributed by atoms with Gasteiger partial charge in [0.25, 0.3) is 0 Å². The second-order valence-electron chi connectivity index (χ2n) is 4.72. The molecule has 3 rings (SSSR count). The molecule has 0 aliphatic rings. The standard InChI is InChI=1S/C16H13ClFNO/c1-10-6-11(18)8-12(7-10)19-9-14-13-4-2-3-5-15(13)20-16(14)17/h2-8,19H,9H2,1H3. The van der Waals surface area contributed by atoms with Crippen LogP contribution in [0.1, 0.15) is 11.1 Å². The fourth-order valence-electron chi connectivity index (χ4n) is 2.26. The van der Waals surface area contributed by atoms with Crippen molar-refractivity contribution in [2.24, 2.45) is 0 Å². The molecule has 0 radical (unpaired) electrons. The van der Waals surface area contributed by atoms with Crippen LogP contribution in [0.4, 0.5) is 10.1 Å². The van der Waals surface area contributed by atoms with Crippen LogP contribution in [0.5, 0.6) is 0 Å². The highest BCUT2D eigenvalue weighted by molar-refractivity contribution is 6.30. The third-order valence-corrected chi connectivity index (χ3v) is 3.47. The lowest BCUT2D eigenvalue weighted by Crippen LogP contribution is -2.00. The zero-order chi connectivity index (χ0) is 14.1. The summed E-state index contributed by atoms with van der Waals surface area (Å²) in [6.45, 7) is 2.34. The molecule has 0 aliphatic heterocycles. The molecule has 4 heteroatoms. The third-order valence-electron chi connectivity index (χ3n) is 3.16. The van der Waals surface area contributed by atoms with Crippen molar-refractivity contribution >= 4 is 28.3 Å². The highest BCUT2D eigenvalue weighted by atomic mass is 35.5. The molecule has 2 nitrogen and oxygen atoms in total. The van der Waals surface area contributed by atoms with Crippen LogP contribution in [0.25, 0.3) is 11.0 Å². The molecule has 0 aliphatic carbocycles. The summed E-state index contributed by atoms with van der Waals surface area (Å²) >= 11 is 6.12. The van der Waals surface area contributed by atoms with Crippen molar-refractivity contribution < 1.29 is 8.81 Å². The number of fused-ring (bicyclic) bond motifs is 1. The number of furan rings is 1. The minimum atomic E-state index is -0.254. The maximum atomic E-state index is 13.3. The van der Waals surface area contributed by atoms with Crippen LogP contribution in [0, 0.1) is 12.7 Å². The fraction of sp³-hybridized carbons (Fsp3) is 0.125. The molecule has 20 heavy (non-hydrogen) atoms. The Labute approximate surface area is 121 Å². The van der Waals surface area contributed by atoms with Crippen molar-refractivity contribution in [3.05, 3.63) is 64.6 Å². The molecule has 1 N–H and O–H groups in total. The van der Waals surface area contributed by atoms with E-state index in [0.717, 1.165) is 27.8 Å². The summed E-state index contributed by atoms with van der Waals surface area (Å²) < 4.78 is 18.8. The summed E-state index contributed by atoms with van der Waals surface area (Å²) in [6.07, 6.45) is 0. The molecule has 1 aromatic heterocycles. The van der Waals surface area contributed by atoms with E-state index in [2.05, 4.69) is 5.32 Å². The predicted molar refractivity (Wildman–Crippen MR) is 79.7 cm³/mol. The van der Waals surface area contributed by atoms with Crippen molar-refractivity contribution in [3.8, 4) is 0 Å². The Morgan fingerprint density at radius 3 is 2.80 bits per heavy atom. The Morgan fingerprint density at radius 2 is 2.00 bits per heavy atom. The molecule has 0 bridgehead atoms. The summed E-state index contributed by atoms with van der Waals surface area (Å²) in [5.74, 6) is -0.254. The van der Waals surface area contributed by atoms with Crippen molar-refractivity contribution in [1.29, 1.82) is 0 Å². The molecule has 0 saturated carbocycles. The largest absolute Gasteiger partial charge is 0.444 e. The summed E-state index contributed by atoms with van der Waals surface area (Å²) in [5.41, 5.74) is 3.23. The Balaban J connectivity index is 1.88. The quantitative estimate of drug-likeness (QED) is 0.721. The van der Waals surface area contributed by atoms with E-state index < -0.39 is 0 Å². The Morgan fingerprint density at radius 1 is 1.20 bits per heavy atom. The molecule has 0 saturated heterocycles. The van der Waals surface area contributed by atoms with Gasteiger partial charge in [-0.1, -0.05) is 18.2 Å². The molecule has 1 heterocycles. The highest BCUT2D eigenvalue weighted by Crippen LogP contribution is 2.30. The first-order valence-corrected chi connectivity index (χ1v) is 6.68. The highest BCUT2D eigenvalue weighted by Gasteiger charge is 2.11. The average molecular weight is 290 g/mol. The molecule has 102 valence electrons. The number of anilines is 1. The zero-order valence-corrected chi connectivity index (χ0v) is 11.7. The number of halogens is 2. The van der Waals surface area contributed by atoms with Crippen molar-refractivity contribution in [1.82, 2.24) is 0 Å². The fourth-order valence-corrected chi connectivity index (χ4v) is 2.51. The van der Waals surface area contributed by atoms with Gasteiger partial charge >= 0.3 is 0 Å². The SMILES string of the molecule is Cc1cc(F)cc(NCc2c(Cl)oc3ccccc23)c1. The first-order chi connectivity index (χ1) is 9.63. The molecule has 0 fully saturated rings. The topological polar surface area (TPSA) is 25.2 Å². The lowest BCUT2D eigenvalue weighted by atomic mass is 10.1. The molecule has 0 spiro atoms. The predicted octanol–water partition coefficient (Wildman–Crippen LogP) is 5.15. The van der Waals surface area contributed by atoms with Gasteiger partial charge in [0.15, 0.2) is 5.22 Å². The molecule has 3 aromatic rings. The van der Waals surface area contributed by atoms with Gasteiger partial charge in [-0.25, -0.2) is 4.39 Å². The number of hydrogen-bond donors (Lipinski definition) is 1. The number of hydrogen-bond acceptors (Lipinski definition) is 2.